The van der Waals surface area contributed by atoms with E-state index in [2.05, 4.69) is 27.9 Å². The quantitative estimate of drug-likeness (QED) is 0.849. The number of rotatable bonds is 4. The molecule has 0 saturated heterocycles. The van der Waals surface area contributed by atoms with Gasteiger partial charge in [0.1, 0.15) is 0 Å². The summed E-state index contributed by atoms with van der Waals surface area (Å²) >= 11 is 2.15. The maximum absolute atomic E-state index is 11.3. The van der Waals surface area contributed by atoms with Crippen molar-refractivity contribution in [3.05, 3.63) is 40.5 Å². The van der Waals surface area contributed by atoms with E-state index in [9.17, 15) is 4.79 Å². The van der Waals surface area contributed by atoms with E-state index in [1.165, 1.54) is 0 Å². The first kappa shape index (κ1) is 11.2. The van der Waals surface area contributed by atoms with Crippen LogP contribution in [-0.2, 0) is 4.79 Å². The number of amides is 1. The van der Waals surface area contributed by atoms with Gasteiger partial charge in [-0.15, -0.1) is 0 Å². The fraction of sp³-hybridized carbons (Fsp3) is 0.182. The van der Waals surface area contributed by atoms with Gasteiger partial charge >= 0.3 is 0 Å². The Hall–Kier alpha value is -0.840. The molecule has 0 unspecified atom stereocenters. The van der Waals surface area contributed by atoms with E-state index < -0.39 is 0 Å². The van der Waals surface area contributed by atoms with Gasteiger partial charge in [0.2, 0.25) is 5.91 Å². The van der Waals surface area contributed by atoms with Gasteiger partial charge in [0.15, 0.2) is 0 Å². The number of nitrogens with one attached hydrogen (secondary N) is 1. The lowest BCUT2D eigenvalue weighted by atomic mass is 10.2. The van der Waals surface area contributed by atoms with Gasteiger partial charge in [-0.25, -0.2) is 0 Å². The first-order chi connectivity index (χ1) is 6.83. The van der Waals surface area contributed by atoms with Crippen molar-refractivity contribution in [2.24, 2.45) is 0 Å². The zero-order chi connectivity index (χ0) is 10.2. The first-order valence-electron chi connectivity index (χ1n) is 4.43. The molecular weight excluding hydrogens is 289 g/mol. The van der Waals surface area contributed by atoms with Crippen molar-refractivity contribution in [1.82, 2.24) is 0 Å². The van der Waals surface area contributed by atoms with E-state index in [-0.39, 0.29) is 5.91 Å². The molecule has 0 fully saturated rings. The van der Waals surface area contributed by atoms with Gasteiger partial charge in [-0.1, -0.05) is 46.9 Å². The second-order valence-corrected chi connectivity index (χ2v) is 3.53. The molecule has 0 aromatic heterocycles. The summed E-state index contributed by atoms with van der Waals surface area (Å²) in [6.07, 6.45) is 3.31. The van der Waals surface area contributed by atoms with Gasteiger partial charge in [0.05, 0.1) is 0 Å². The molecule has 0 radical (unpaired) electrons. The molecule has 0 saturated carbocycles. The monoisotopic (exact) mass is 301 g/mol. The van der Waals surface area contributed by atoms with Crippen LogP contribution in [0.25, 0.3) is 0 Å². The maximum Gasteiger partial charge on any atom is 0.224 e. The molecular formula is C11H12INO. The number of carbonyl (C=O) groups is 1. The van der Waals surface area contributed by atoms with E-state index in [1.807, 2.05) is 40.5 Å². The minimum absolute atomic E-state index is 0.0608. The normalized spacial score (nSPS) is 10.4. The minimum atomic E-state index is 0.0608. The van der Waals surface area contributed by atoms with Gasteiger partial charge in [0.25, 0.3) is 0 Å². The van der Waals surface area contributed by atoms with Crippen LogP contribution >= 0.6 is 22.6 Å². The van der Waals surface area contributed by atoms with Crippen LogP contribution in [0.4, 0.5) is 5.69 Å². The lowest BCUT2D eigenvalue weighted by Gasteiger charge is -2.02. The molecule has 0 aliphatic rings. The lowest BCUT2D eigenvalue weighted by Crippen LogP contribution is -2.10. The third-order valence-corrected chi connectivity index (χ3v) is 2.19. The predicted octanol–water partition coefficient (Wildman–Crippen LogP) is 3.35. The Morgan fingerprint density at radius 3 is 2.71 bits per heavy atom. The van der Waals surface area contributed by atoms with Crippen LogP contribution < -0.4 is 5.32 Å². The molecule has 0 bridgehead atoms. The molecule has 74 valence electrons. The zero-order valence-corrected chi connectivity index (χ0v) is 9.90. The standard InChI is InChI=1S/C11H12INO/c12-9-5-4-8-11(14)13-10-6-2-1-3-7-10/h1-3,5-7,9H,4,8H2,(H,13,14)/b9-5-. The van der Waals surface area contributed by atoms with Gasteiger partial charge < -0.3 is 5.32 Å². The Labute approximate surface area is 97.5 Å². The van der Waals surface area contributed by atoms with Crippen LogP contribution in [0.3, 0.4) is 0 Å². The number of carbonyl (C=O) groups excluding carboxylic acids is 1. The highest BCUT2D eigenvalue weighted by Gasteiger charge is 1.99. The summed E-state index contributed by atoms with van der Waals surface area (Å²) in [6, 6.07) is 9.49. The van der Waals surface area contributed by atoms with Crippen LogP contribution in [0, 0.1) is 0 Å². The number of hydrogen-bond acceptors (Lipinski definition) is 1. The topological polar surface area (TPSA) is 29.1 Å². The average Bonchev–Trinajstić information content (AvgIpc) is 2.20. The van der Waals surface area contributed by atoms with E-state index in [1.54, 1.807) is 0 Å². The van der Waals surface area contributed by atoms with Gasteiger partial charge in [0, 0.05) is 12.1 Å². The highest BCUT2D eigenvalue weighted by molar-refractivity contribution is 14.1. The van der Waals surface area contributed by atoms with Crippen molar-refractivity contribution < 1.29 is 4.79 Å². The molecule has 0 spiro atoms. The summed E-state index contributed by atoms with van der Waals surface area (Å²) in [7, 11) is 0. The molecule has 0 aliphatic carbocycles. The van der Waals surface area contributed by atoms with E-state index in [4.69, 9.17) is 0 Å². The highest BCUT2D eigenvalue weighted by Crippen LogP contribution is 2.06. The third kappa shape index (κ3) is 4.41. The Kier molecular flexibility index (Phi) is 5.29. The van der Waals surface area contributed by atoms with Crippen molar-refractivity contribution in [3.8, 4) is 0 Å². The fourth-order valence-electron chi connectivity index (χ4n) is 1.02. The highest BCUT2D eigenvalue weighted by atomic mass is 127. The van der Waals surface area contributed by atoms with Crippen molar-refractivity contribution in [2.45, 2.75) is 12.8 Å². The predicted molar refractivity (Wildman–Crippen MR) is 67.5 cm³/mol. The molecule has 1 amide bonds. The molecule has 3 heteroatoms. The van der Waals surface area contributed by atoms with E-state index >= 15 is 0 Å². The SMILES string of the molecule is O=C(CC/C=C\I)Nc1ccccc1. The molecule has 2 nitrogen and oxygen atoms in total. The Morgan fingerprint density at radius 1 is 1.36 bits per heavy atom. The van der Waals surface area contributed by atoms with Gasteiger partial charge in [-0.2, -0.15) is 0 Å². The lowest BCUT2D eigenvalue weighted by molar-refractivity contribution is -0.116. The number of hydrogen-bond donors (Lipinski definition) is 1. The van der Waals surface area contributed by atoms with Crippen molar-refractivity contribution in [2.75, 3.05) is 5.32 Å². The summed E-state index contributed by atoms with van der Waals surface area (Å²) in [5.41, 5.74) is 0.857. The molecule has 0 heterocycles. The first-order valence-corrected chi connectivity index (χ1v) is 5.67. The number of anilines is 1. The third-order valence-electron chi connectivity index (χ3n) is 1.68. The summed E-state index contributed by atoms with van der Waals surface area (Å²) in [4.78, 5) is 11.3. The second-order valence-electron chi connectivity index (χ2n) is 2.81. The van der Waals surface area contributed by atoms with Gasteiger partial charge in [-0.05, 0) is 22.6 Å². The fourth-order valence-corrected chi connectivity index (χ4v) is 1.38. The maximum atomic E-state index is 11.3. The second kappa shape index (κ2) is 6.59. The summed E-state index contributed by atoms with van der Waals surface area (Å²) in [5, 5.41) is 2.83. The van der Waals surface area contributed by atoms with Crippen LogP contribution in [0.15, 0.2) is 40.5 Å². The molecule has 14 heavy (non-hydrogen) atoms. The molecule has 1 aromatic carbocycles. The van der Waals surface area contributed by atoms with Gasteiger partial charge in [-0.3, -0.25) is 4.79 Å². The zero-order valence-electron chi connectivity index (χ0n) is 7.74. The average molecular weight is 301 g/mol. The van der Waals surface area contributed by atoms with E-state index in [0.717, 1.165) is 12.1 Å². The largest absolute Gasteiger partial charge is 0.326 e. The number of para-hydroxylation sites is 1. The van der Waals surface area contributed by atoms with E-state index in [0.29, 0.717) is 6.42 Å². The number of benzene rings is 1. The molecule has 1 rings (SSSR count). The van der Waals surface area contributed by atoms with Crippen LogP contribution in [-0.4, -0.2) is 5.91 Å². The van der Waals surface area contributed by atoms with Crippen LogP contribution in [0.2, 0.25) is 0 Å². The smallest absolute Gasteiger partial charge is 0.224 e. The molecule has 1 aromatic rings. The van der Waals surface area contributed by atoms with Crippen LogP contribution in [0.5, 0.6) is 0 Å². The Bertz CT molecular complexity index is 308. The molecule has 1 N–H and O–H groups in total. The van der Waals surface area contributed by atoms with Crippen molar-refractivity contribution >= 4 is 34.2 Å². The van der Waals surface area contributed by atoms with Crippen molar-refractivity contribution in [1.29, 1.82) is 0 Å². The van der Waals surface area contributed by atoms with Crippen molar-refractivity contribution in [3.63, 3.8) is 0 Å². The molecule has 0 aliphatic heterocycles. The Balaban J connectivity index is 2.34. The summed E-state index contributed by atoms with van der Waals surface area (Å²) < 4.78 is 1.92. The summed E-state index contributed by atoms with van der Waals surface area (Å²) in [6.45, 7) is 0. The van der Waals surface area contributed by atoms with Crippen LogP contribution in [0.1, 0.15) is 12.8 Å². The Morgan fingerprint density at radius 2 is 2.07 bits per heavy atom. The summed E-state index contributed by atoms with van der Waals surface area (Å²) in [5.74, 6) is 0.0608. The molecule has 0 atom stereocenters. The number of halogens is 1. The number of allylic oxidation sites excluding steroid dienone is 1. The minimum Gasteiger partial charge on any atom is -0.326 e.